The maximum Gasteiger partial charge on any atom is 0.252 e. The van der Waals surface area contributed by atoms with Gasteiger partial charge in [-0.25, -0.2) is 4.39 Å². The van der Waals surface area contributed by atoms with E-state index in [1.807, 2.05) is 6.07 Å². The molecule has 0 aliphatic carbocycles. The molecule has 2 fully saturated rings. The molecule has 1 atom stereocenters. The first-order chi connectivity index (χ1) is 11.6. The van der Waals surface area contributed by atoms with E-state index in [1.54, 1.807) is 19.2 Å². The number of ether oxygens (including phenoxy) is 1. The van der Waals surface area contributed by atoms with Crippen LogP contribution < -0.4 is 15.5 Å². The Morgan fingerprint density at radius 1 is 1.42 bits per heavy atom. The Balaban J connectivity index is 1.63. The number of rotatable bonds is 4. The van der Waals surface area contributed by atoms with Gasteiger partial charge in [-0.1, -0.05) is 6.07 Å². The van der Waals surface area contributed by atoms with Crippen LogP contribution in [0.5, 0.6) is 0 Å². The van der Waals surface area contributed by atoms with Crippen LogP contribution in [0.3, 0.4) is 0 Å². The van der Waals surface area contributed by atoms with E-state index in [4.69, 9.17) is 4.74 Å². The molecule has 2 saturated heterocycles. The molecule has 2 aliphatic heterocycles. The molecule has 0 bridgehead atoms. The zero-order valence-electron chi connectivity index (χ0n) is 14.2. The highest BCUT2D eigenvalue weighted by molar-refractivity contribution is 5.85. The van der Waals surface area contributed by atoms with Gasteiger partial charge in [0.05, 0.1) is 0 Å². The Morgan fingerprint density at radius 2 is 2.21 bits per heavy atom. The van der Waals surface area contributed by atoms with Crippen LogP contribution >= 0.6 is 0 Å². The maximum absolute atomic E-state index is 13.4. The molecule has 132 valence electrons. The number of methoxy groups -OCH3 is 1. The second kappa shape index (κ2) is 7.49. The van der Waals surface area contributed by atoms with Gasteiger partial charge in [0.25, 0.3) is 5.91 Å². The second-order valence-corrected chi connectivity index (χ2v) is 6.69. The lowest BCUT2D eigenvalue weighted by molar-refractivity contribution is -0.147. The Hall–Kier alpha value is -1.66. The molecule has 2 aliphatic rings. The summed E-state index contributed by atoms with van der Waals surface area (Å²) in [6, 6.07) is 6.70. The van der Waals surface area contributed by atoms with Crippen LogP contribution in [0.25, 0.3) is 0 Å². The summed E-state index contributed by atoms with van der Waals surface area (Å²) >= 11 is 0. The number of carbonyl (C=O) groups excluding carboxylic acids is 1. The van der Waals surface area contributed by atoms with Crippen LogP contribution in [0.2, 0.25) is 0 Å². The van der Waals surface area contributed by atoms with Gasteiger partial charge in [0.2, 0.25) is 0 Å². The van der Waals surface area contributed by atoms with Gasteiger partial charge < -0.3 is 20.3 Å². The van der Waals surface area contributed by atoms with Crippen LogP contribution in [0.15, 0.2) is 24.3 Å². The molecular weight excluding hydrogens is 309 g/mol. The van der Waals surface area contributed by atoms with Crippen molar-refractivity contribution in [2.75, 3.05) is 38.2 Å². The van der Waals surface area contributed by atoms with Gasteiger partial charge in [-0.3, -0.25) is 4.79 Å². The molecular formula is C18H26FN3O2. The van der Waals surface area contributed by atoms with E-state index in [0.29, 0.717) is 19.4 Å². The van der Waals surface area contributed by atoms with E-state index in [2.05, 4.69) is 15.5 Å². The first-order valence-corrected chi connectivity index (χ1v) is 8.70. The molecule has 3 rings (SSSR count). The number of halogens is 1. The fourth-order valence-electron chi connectivity index (χ4n) is 3.67. The van der Waals surface area contributed by atoms with Gasteiger partial charge in [-0.2, -0.15) is 0 Å². The highest BCUT2D eigenvalue weighted by Crippen LogP contribution is 2.25. The third kappa shape index (κ3) is 3.70. The number of benzene rings is 1. The molecule has 5 nitrogen and oxygen atoms in total. The van der Waals surface area contributed by atoms with E-state index in [9.17, 15) is 9.18 Å². The predicted molar refractivity (Wildman–Crippen MR) is 91.6 cm³/mol. The smallest absolute Gasteiger partial charge is 0.252 e. The summed E-state index contributed by atoms with van der Waals surface area (Å²) < 4.78 is 19.0. The second-order valence-electron chi connectivity index (χ2n) is 6.69. The summed E-state index contributed by atoms with van der Waals surface area (Å²) in [7, 11) is 1.62. The molecule has 6 heteroatoms. The minimum atomic E-state index is -0.716. The number of nitrogens with zero attached hydrogens (tertiary/aromatic N) is 1. The topological polar surface area (TPSA) is 53.6 Å². The summed E-state index contributed by atoms with van der Waals surface area (Å²) in [4.78, 5) is 14.9. The summed E-state index contributed by atoms with van der Waals surface area (Å²) in [5.41, 5.74) is 0.157. The van der Waals surface area contributed by atoms with E-state index in [0.717, 1.165) is 38.2 Å². The van der Waals surface area contributed by atoms with E-state index in [-0.39, 0.29) is 17.8 Å². The average Bonchev–Trinajstić information content (AvgIpc) is 2.62. The molecule has 0 radical (unpaired) electrons. The van der Waals surface area contributed by atoms with Crippen molar-refractivity contribution in [3.63, 3.8) is 0 Å². The molecule has 0 aromatic heterocycles. The van der Waals surface area contributed by atoms with Crippen LogP contribution in [0.4, 0.5) is 10.1 Å². The van der Waals surface area contributed by atoms with E-state index in [1.165, 1.54) is 6.07 Å². The third-order valence-electron chi connectivity index (χ3n) is 5.15. The number of hydrogen-bond acceptors (Lipinski definition) is 4. The van der Waals surface area contributed by atoms with Gasteiger partial charge in [0.15, 0.2) is 0 Å². The van der Waals surface area contributed by atoms with E-state index >= 15 is 0 Å². The van der Waals surface area contributed by atoms with Gasteiger partial charge in [-0.15, -0.1) is 0 Å². The van der Waals surface area contributed by atoms with Crippen LogP contribution in [-0.4, -0.2) is 50.8 Å². The van der Waals surface area contributed by atoms with Crippen molar-refractivity contribution in [1.82, 2.24) is 10.6 Å². The van der Waals surface area contributed by atoms with Crippen LogP contribution in [0, 0.1) is 5.82 Å². The van der Waals surface area contributed by atoms with E-state index < -0.39 is 5.60 Å². The normalized spacial score (nSPS) is 23.8. The summed E-state index contributed by atoms with van der Waals surface area (Å²) in [5, 5.41) is 6.43. The highest BCUT2D eigenvalue weighted by Gasteiger charge is 2.40. The van der Waals surface area contributed by atoms with Crippen molar-refractivity contribution < 1.29 is 13.9 Å². The van der Waals surface area contributed by atoms with Gasteiger partial charge in [0.1, 0.15) is 11.4 Å². The summed E-state index contributed by atoms with van der Waals surface area (Å²) in [6.07, 6.45) is 3.30. The van der Waals surface area contributed by atoms with Crippen LogP contribution in [0.1, 0.15) is 25.7 Å². The molecule has 1 aromatic rings. The van der Waals surface area contributed by atoms with Crippen molar-refractivity contribution in [2.45, 2.75) is 37.3 Å². The minimum absolute atomic E-state index is 0.0161. The number of nitrogens with one attached hydrogen (secondary N) is 2. The summed E-state index contributed by atoms with van der Waals surface area (Å²) in [5.74, 6) is -0.246. The number of anilines is 1. The Kier molecular flexibility index (Phi) is 5.36. The summed E-state index contributed by atoms with van der Waals surface area (Å²) in [6.45, 7) is 3.17. The Morgan fingerprint density at radius 3 is 2.92 bits per heavy atom. The molecule has 2 heterocycles. The molecule has 2 N–H and O–H groups in total. The Labute approximate surface area is 142 Å². The van der Waals surface area contributed by atoms with Crippen molar-refractivity contribution in [3.05, 3.63) is 30.1 Å². The lowest BCUT2D eigenvalue weighted by atomic mass is 9.90. The minimum Gasteiger partial charge on any atom is -0.369 e. The van der Waals surface area contributed by atoms with Crippen molar-refractivity contribution >= 4 is 11.6 Å². The van der Waals surface area contributed by atoms with Gasteiger partial charge >= 0.3 is 0 Å². The zero-order chi connectivity index (χ0) is 17.0. The first kappa shape index (κ1) is 17.2. The molecule has 1 aromatic carbocycles. The largest absolute Gasteiger partial charge is 0.369 e. The number of amides is 1. The van der Waals surface area contributed by atoms with Crippen molar-refractivity contribution in [3.8, 4) is 0 Å². The lowest BCUT2D eigenvalue weighted by Gasteiger charge is -2.39. The third-order valence-corrected chi connectivity index (χ3v) is 5.15. The number of carbonyl (C=O) groups is 1. The maximum atomic E-state index is 13.4. The first-order valence-electron chi connectivity index (χ1n) is 8.70. The van der Waals surface area contributed by atoms with Gasteiger partial charge in [0, 0.05) is 31.9 Å². The fraction of sp³-hybridized carbons (Fsp3) is 0.611. The monoisotopic (exact) mass is 335 g/mol. The quantitative estimate of drug-likeness (QED) is 0.879. The fourth-order valence-corrected chi connectivity index (χ4v) is 3.67. The Bertz CT molecular complexity index is 575. The van der Waals surface area contributed by atoms with Crippen molar-refractivity contribution in [1.29, 1.82) is 0 Å². The van der Waals surface area contributed by atoms with Crippen LogP contribution in [-0.2, 0) is 9.53 Å². The van der Waals surface area contributed by atoms with Gasteiger partial charge in [-0.05, 0) is 57.0 Å². The average molecular weight is 335 g/mol. The molecule has 0 spiro atoms. The van der Waals surface area contributed by atoms with Crippen molar-refractivity contribution in [2.24, 2.45) is 0 Å². The standard InChI is InChI=1S/C18H26FN3O2/c1-24-18(7-9-20-10-8-18)17(23)21-15-5-3-11-22(13-15)16-6-2-4-14(19)12-16/h2,4,6,12,15,20H,3,5,7-11,13H2,1H3,(H,21,23). The number of hydrogen-bond donors (Lipinski definition) is 2. The zero-order valence-corrected chi connectivity index (χ0v) is 14.2. The molecule has 1 amide bonds. The molecule has 24 heavy (non-hydrogen) atoms. The molecule has 0 saturated carbocycles. The SMILES string of the molecule is COC1(C(=O)NC2CCCN(c3cccc(F)c3)C2)CCNCC1. The highest BCUT2D eigenvalue weighted by atomic mass is 19.1. The number of piperidine rings is 2. The lowest BCUT2D eigenvalue weighted by Crippen LogP contribution is -2.58. The predicted octanol–water partition coefficient (Wildman–Crippen LogP) is 1.68. The molecule has 1 unspecified atom stereocenters.